The molecule has 0 aliphatic rings. The van der Waals surface area contributed by atoms with Gasteiger partial charge in [-0.25, -0.2) is 4.98 Å². The molecule has 2 aromatic heterocycles. The van der Waals surface area contributed by atoms with Crippen LogP contribution in [0.3, 0.4) is 0 Å². The predicted molar refractivity (Wildman–Crippen MR) is 51.3 cm³/mol. The minimum Gasteiger partial charge on any atom is -0.340 e. The van der Waals surface area contributed by atoms with Crippen LogP contribution in [0.2, 0.25) is 0 Å². The minimum absolute atomic E-state index is 0.828. The van der Waals surface area contributed by atoms with Crippen molar-refractivity contribution in [1.29, 1.82) is 0 Å². The van der Waals surface area contributed by atoms with E-state index in [-0.39, 0.29) is 0 Å². The van der Waals surface area contributed by atoms with Crippen LogP contribution in [-0.2, 0) is 6.54 Å². The first-order chi connectivity index (χ1) is 6.25. The number of rotatable bonds is 2. The van der Waals surface area contributed by atoms with Gasteiger partial charge in [0.2, 0.25) is 0 Å². The summed E-state index contributed by atoms with van der Waals surface area (Å²) in [6.07, 6.45) is 3.55. The van der Waals surface area contributed by atoms with Crippen LogP contribution in [0.25, 0.3) is 11.0 Å². The van der Waals surface area contributed by atoms with Gasteiger partial charge in [-0.05, 0) is 20.2 Å². The molecule has 0 radical (unpaired) electrons. The Labute approximate surface area is 76.6 Å². The van der Waals surface area contributed by atoms with Crippen molar-refractivity contribution in [2.24, 2.45) is 0 Å². The van der Waals surface area contributed by atoms with Gasteiger partial charge in [-0.3, -0.25) is 4.98 Å². The molecule has 0 saturated carbocycles. The molecule has 0 aliphatic heterocycles. The molecular formula is C9H12N4. The number of H-pyrrole nitrogens is 1. The molecule has 0 spiro atoms. The first kappa shape index (κ1) is 8.19. The highest BCUT2D eigenvalue weighted by atomic mass is 15.1. The lowest BCUT2D eigenvalue weighted by molar-refractivity contribution is 0.392. The third-order valence-electron chi connectivity index (χ3n) is 1.80. The number of aromatic nitrogens is 3. The normalized spacial score (nSPS) is 11.3. The summed E-state index contributed by atoms with van der Waals surface area (Å²) in [5.41, 5.74) is 1.98. The van der Waals surface area contributed by atoms with E-state index in [0.29, 0.717) is 0 Å². The molecule has 4 nitrogen and oxygen atoms in total. The van der Waals surface area contributed by atoms with Gasteiger partial charge in [0.25, 0.3) is 0 Å². The van der Waals surface area contributed by atoms with Crippen LogP contribution in [0.1, 0.15) is 5.82 Å². The largest absolute Gasteiger partial charge is 0.340 e. The Bertz CT molecular complexity index is 372. The summed E-state index contributed by atoms with van der Waals surface area (Å²) >= 11 is 0. The number of hydrogen-bond donors (Lipinski definition) is 1. The standard InChI is InChI=1S/C9H12N4/c1-13(2)6-9-11-7-3-4-10-5-8(7)12-9/h3-5H,6H2,1-2H3,(H,11,12). The van der Waals surface area contributed by atoms with Gasteiger partial charge >= 0.3 is 0 Å². The second kappa shape index (κ2) is 3.14. The maximum Gasteiger partial charge on any atom is 0.121 e. The Kier molecular flexibility index (Phi) is 1.98. The van der Waals surface area contributed by atoms with Gasteiger partial charge in [0, 0.05) is 6.20 Å². The fraction of sp³-hybridized carbons (Fsp3) is 0.333. The molecule has 0 fully saturated rings. The van der Waals surface area contributed by atoms with E-state index >= 15 is 0 Å². The van der Waals surface area contributed by atoms with Crippen molar-refractivity contribution in [2.45, 2.75) is 6.54 Å². The molecule has 13 heavy (non-hydrogen) atoms. The zero-order valence-corrected chi connectivity index (χ0v) is 7.78. The van der Waals surface area contributed by atoms with Gasteiger partial charge in [-0.15, -0.1) is 0 Å². The van der Waals surface area contributed by atoms with Gasteiger partial charge in [0.05, 0.1) is 23.8 Å². The maximum absolute atomic E-state index is 4.42. The lowest BCUT2D eigenvalue weighted by Crippen LogP contribution is -2.11. The third-order valence-corrected chi connectivity index (χ3v) is 1.80. The van der Waals surface area contributed by atoms with Crippen molar-refractivity contribution >= 4 is 11.0 Å². The van der Waals surface area contributed by atoms with E-state index in [1.807, 2.05) is 20.2 Å². The molecule has 2 aromatic rings. The highest BCUT2D eigenvalue weighted by Crippen LogP contribution is 2.09. The van der Waals surface area contributed by atoms with Crippen molar-refractivity contribution in [2.75, 3.05) is 14.1 Å². The van der Waals surface area contributed by atoms with Crippen LogP contribution in [0.5, 0.6) is 0 Å². The van der Waals surface area contributed by atoms with E-state index in [0.717, 1.165) is 23.4 Å². The lowest BCUT2D eigenvalue weighted by atomic mass is 10.4. The fourth-order valence-electron chi connectivity index (χ4n) is 1.28. The van der Waals surface area contributed by atoms with Gasteiger partial charge < -0.3 is 9.88 Å². The Morgan fingerprint density at radius 2 is 2.31 bits per heavy atom. The highest BCUT2D eigenvalue weighted by Gasteiger charge is 2.02. The summed E-state index contributed by atoms with van der Waals surface area (Å²) < 4.78 is 0. The SMILES string of the molecule is CN(C)Cc1nc2ccncc2[nH]1. The number of fused-ring (bicyclic) bond motifs is 1. The number of pyridine rings is 1. The van der Waals surface area contributed by atoms with Crippen LogP contribution in [0.15, 0.2) is 18.5 Å². The average Bonchev–Trinajstić information content (AvgIpc) is 2.44. The van der Waals surface area contributed by atoms with Gasteiger partial charge in [-0.1, -0.05) is 0 Å². The van der Waals surface area contributed by atoms with Crippen molar-refractivity contribution in [3.63, 3.8) is 0 Å². The van der Waals surface area contributed by atoms with Gasteiger partial charge in [0.15, 0.2) is 0 Å². The second-order valence-corrected chi connectivity index (χ2v) is 3.31. The van der Waals surface area contributed by atoms with E-state index in [9.17, 15) is 0 Å². The molecular weight excluding hydrogens is 164 g/mol. The van der Waals surface area contributed by atoms with Crippen molar-refractivity contribution in [3.8, 4) is 0 Å². The number of nitrogens with zero attached hydrogens (tertiary/aromatic N) is 3. The van der Waals surface area contributed by atoms with Crippen LogP contribution >= 0.6 is 0 Å². The quantitative estimate of drug-likeness (QED) is 0.743. The Morgan fingerprint density at radius 1 is 1.46 bits per heavy atom. The number of nitrogens with one attached hydrogen (secondary N) is 1. The van der Waals surface area contributed by atoms with Crippen LogP contribution in [0.4, 0.5) is 0 Å². The predicted octanol–water partition coefficient (Wildman–Crippen LogP) is 1.02. The van der Waals surface area contributed by atoms with Crippen molar-refractivity contribution in [3.05, 3.63) is 24.3 Å². The maximum atomic E-state index is 4.42. The molecule has 0 bridgehead atoms. The fourth-order valence-corrected chi connectivity index (χ4v) is 1.28. The molecule has 0 amide bonds. The molecule has 68 valence electrons. The van der Waals surface area contributed by atoms with Crippen molar-refractivity contribution in [1.82, 2.24) is 19.9 Å². The minimum atomic E-state index is 0.828. The van der Waals surface area contributed by atoms with E-state index in [4.69, 9.17) is 0 Å². The molecule has 0 aromatic carbocycles. The van der Waals surface area contributed by atoms with Gasteiger partial charge in [0.1, 0.15) is 5.82 Å². The summed E-state index contributed by atoms with van der Waals surface area (Å²) in [5, 5.41) is 0. The zero-order valence-electron chi connectivity index (χ0n) is 7.78. The molecule has 0 atom stereocenters. The third kappa shape index (κ3) is 1.67. The molecule has 2 heterocycles. The molecule has 4 heteroatoms. The summed E-state index contributed by atoms with van der Waals surface area (Å²) in [6.45, 7) is 0.828. The molecule has 2 rings (SSSR count). The van der Waals surface area contributed by atoms with E-state index in [1.165, 1.54) is 0 Å². The number of aromatic amines is 1. The number of hydrogen-bond acceptors (Lipinski definition) is 3. The van der Waals surface area contributed by atoms with Gasteiger partial charge in [-0.2, -0.15) is 0 Å². The summed E-state index contributed by atoms with van der Waals surface area (Å²) in [6, 6.07) is 1.91. The summed E-state index contributed by atoms with van der Waals surface area (Å²) in [7, 11) is 4.04. The topological polar surface area (TPSA) is 44.8 Å². The van der Waals surface area contributed by atoms with Crippen LogP contribution < -0.4 is 0 Å². The summed E-state index contributed by atoms with van der Waals surface area (Å²) in [4.78, 5) is 13.7. The Morgan fingerprint density at radius 3 is 3.00 bits per heavy atom. The zero-order chi connectivity index (χ0) is 9.26. The first-order valence-electron chi connectivity index (χ1n) is 4.19. The molecule has 0 aliphatic carbocycles. The molecule has 1 N–H and O–H groups in total. The van der Waals surface area contributed by atoms with E-state index in [2.05, 4.69) is 19.9 Å². The second-order valence-electron chi connectivity index (χ2n) is 3.31. The van der Waals surface area contributed by atoms with E-state index in [1.54, 1.807) is 12.4 Å². The van der Waals surface area contributed by atoms with Crippen LogP contribution in [-0.4, -0.2) is 33.9 Å². The number of imidazole rings is 1. The molecule has 0 saturated heterocycles. The monoisotopic (exact) mass is 176 g/mol. The summed E-state index contributed by atoms with van der Waals surface area (Å²) in [5.74, 6) is 0.980. The van der Waals surface area contributed by atoms with Crippen LogP contribution in [0, 0.1) is 0 Å². The van der Waals surface area contributed by atoms with E-state index < -0.39 is 0 Å². The Hall–Kier alpha value is -1.42. The first-order valence-corrected chi connectivity index (χ1v) is 4.19. The highest BCUT2D eigenvalue weighted by molar-refractivity contribution is 5.73. The Balaban J connectivity index is 2.38. The molecule has 0 unspecified atom stereocenters. The smallest absolute Gasteiger partial charge is 0.121 e. The lowest BCUT2D eigenvalue weighted by Gasteiger charge is -2.04. The van der Waals surface area contributed by atoms with Crippen molar-refractivity contribution < 1.29 is 0 Å². The average molecular weight is 176 g/mol.